The third-order valence-electron chi connectivity index (χ3n) is 7.67. The molecule has 218 valence electrons. The maximum Gasteiger partial charge on any atom is 0.263 e. The van der Waals surface area contributed by atoms with Crippen LogP contribution in [0.15, 0.2) is 57.1 Å². The fraction of sp³-hybridized carbons (Fsp3) is 0.483. The minimum atomic E-state index is -3.89. The van der Waals surface area contributed by atoms with Crippen molar-refractivity contribution in [3.63, 3.8) is 0 Å². The molecule has 0 atom stereocenters. The Morgan fingerprint density at radius 1 is 1.02 bits per heavy atom. The lowest BCUT2D eigenvalue weighted by atomic mass is 9.87. The number of pyridine rings is 1. The topological polar surface area (TPSA) is 118 Å². The Labute approximate surface area is 244 Å². The maximum absolute atomic E-state index is 13.1. The molecule has 0 unspecified atom stereocenters. The molecule has 0 aliphatic rings. The molecule has 0 aliphatic carbocycles. The molecule has 2 aromatic heterocycles. The second-order valence-corrected chi connectivity index (χ2v) is 20.0. The van der Waals surface area contributed by atoms with Crippen molar-refractivity contribution >= 4 is 46.7 Å². The number of anilines is 1. The molecule has 0 amide bonds. The Kier molecular flexibility index (Phi) is 9.58. The molecular formula is C29H41ClN4O4SSi. The van der Waals surface area contributed by atoms with Crippen molar-refractivity contribution in [1.82, 2.24) is 9.97 Å². The first-order valence-corrected chi connectivity index (χ1v) is 17.6. The highest BCUT2D eigenvalue weighted by atomic mass is 35.5. The van der Waals surface area contributed by atoms with Crippen LogP contribution in [-0.4, -0.2) is 37.4 Å². The van der Waals surface area contributed by atoms with Crippen molar-refractivity contribution in [2.24, 2.45) is 5.16 Å². The van der Waals surface area contributed by atoms with Gasteiger partial charge >= 0.3 is 0 Å². The first-order valence-electron chi connectivity index (χ1n) is 13.5. The van der Waals surface area contributed by atoms with E-state index < -0.39 is 18.1 Å². The van der Waals surface area contributed by atoms with Gasteiger partial charge in [-0.05, 0) is 51.9 Å². The minimum absolute atomic E-state index is 0.0133. The second kappa shape index (κ2) is 12.0. The minimum Gasteiger partial charge on any atom is -0.444 e. The molecule has 3 rings (SSSR count). The fourth-order valence-electron chi connectivity index (χ4n) is 5.67. The third kappa shape index (κ3) is 6.44. The Morgan fingerprint density at radius 2 is 1.60 bits per heavy atom. The summed E-state index contributed by atoms with van der Waals surface area (Å²) in [5.41, 5.74) is 3.35. The van der Waals surface area contributed by atoms with Gasteiger partial charge in [-0.15, -0.1) is 0 Å². The molecule has 0 radical (unpaired) electrons. The number of aromatic nitrogens is 2. The predicted molar refractivity (Wildman–Crippen MR) is 164 cm³/mol. The van der Waals surface area contributed by atoms with Gasteiger partial charge in [0, 0.05) is 6.42 Å². The second-order valence-electron chi connectivity index (χ2n) is 12.2. The summed E-state index contributed by atoms with van der Waals surface area (Å²) in [5.74, 6) is 0.430. The number of hydrogen-bond donors (Lipinski definition) is 2. The van der Waals surface area contributed by atoms with Crippen LogP contribution in [0.2, 0.25) is 21.6 Å². The van der Waals surface area contributed by atoms with Crippen LogP contribution in [0, 0.1) is 0 Å². The molecule has 0 saturated carbocycles. The average Bonchev–Trinajstić information content (AvgIpc) is 3.33. The Balaban J connectivity index is 1.89. The van der Waals surface area contributed by atoms with E-state index in [1.54, 1.807) is 36.5 Å². The first-order chi connectivity index (χ1) is 18.5. The van der Waals surface area contributed by atoms with Crippen molar-refractivity contribution in [3.05, 3.63) is 64.6 Å². The van der Waals surface area contributed by atoms with Gasteiger partial charge in [-0.2, -0.15) is 0 Å². The molecular weight excluding hydrogens is 564 g/mol. The third-order valence-corrected chi connectivity index (χ3v) is 16.1. The van der Waals surface area contributed by atoms with E-state index in [4.69, 9.17) is 16.0 Å². The van der Waals surface area contributed by atoms with Gasteiger partial charge < -0.3 is 9.62 Å². The molecule has 0 fully saturated rings. The molecule has 3 aromatic rings. The lowest BCUT2D eigenvalue weighted by Gasteiger charge is -2.39. The van der Waals surface area contributed by atoms with Crippen LogP contribution >= 0.6 is 11.6 Å². The van der Waals surface area contributed by atoms with E-state index in [0.29, 0.717) is 33.1 Å². The summed E-state index contributed by atoms with van der Waals surface area (Å²) in [6.07, 6.45) is 1.60. The summed E-state index contributed by atoms with van der Waals surface area (Å²) < 4.78 is 34.9. The average molecular weight is 605 g/mol. The van der Waals surface area contributed by atoms with Gasteiger partial charge in [0.05, 0.1) is 21.8 Å². The largest absolute Gasteiger partial charge is 0.444 e. The molecule has 0 saturated heterocycles. The standard InChI is InChI=1S/C29H41ClN4O4SSi/c1-18(2)40(19(3)4,20(5)6)28-31-17-26(38-28)25(33-35)16-24-23(30)14-15-27(32-24)34-39(36,37)22-12-10-21(11-13-22)29(7,8)9/h10-15,17-20,35H,16H2,1-9H3,(H,32,34)/b33-25-. The predicted octanol–water partition coefficient (Wildman–Crippen LogP) is 7.13. The van der Waals surface area contributed by atoms with E-state index >= 15 is 0 Å². The quantitative estimate of drug-likeness (QED) is 0.110. The van der Waals surface area contributed by atoms with E-state index in [0.717, 1.165) is 11.1 Å². The summed E-state index contributed by atoms with van der Waals surface area (Å²) in [6.45, 7) is 19.5. The normalized spacial score (nSPS) is 13.5. The number of benzene rings is 1. The number of oxazole rings is 1. The van der Waals surface area contributed by atoms with Gasteiger partial charge in [0.15, 0.2) is 19.3 Å². The maximum atomic E-state index is 13.1. The van der Waals surface area contributed by atoms with Crippen molar-refractivity contribution in [3.8, 4) is 0 Å². The number of nitrogens with zero attached hydrogens (tertiary/aromatic N) is 3. The molecule has 2 heterocycles. The van der Waals surface area contributed by atoms with Crippen LogP contribution in [0.1, 0.15) is 79.3 Å². The van der Waals surface area contributed by atoms with Crippen molar-refractivity contribution in [2.45, 2.75) is 95.7 Å². The molecule has 1 aromatic carbocycles. The van der Waals surface area contributed by atoms with Gasteiger partial charge in [0.25, 0.3) is 10.0 Å². The lowest BCUT2D eigenvalue weighted by molar-refractivity contribution is 0.317. The summed E-state index contributed by atoms with van der Waals surface area (Å²) in [5, 5.41) is 13.6. The summed E-state index contributed by atoms with van der Waals surface area (Å²) >= 11 is 6.42. The SMILES string of the molecule is CC(C)[Si](c1ncc(/C(Cc2nc(NS(=O)(=O)c3ccc(C(C)(C)C)cc3)ccc2Cl)=N\O)o1)(C(C)C)C(C)C. The van der Waals surface area contributed by atoms with Gasteiger partial charge in [-0.1, -0.05) is 91.2 Å². The summed E-state index contributed by atoms with van der Waals surface area (Å²) in [7, 11) is -6.05. The van der Waals surface area contributed by atoms with Crippen molar-refractivity contribution in [2.75, 3.05) is 4.72 Å². The number of nitrogens with one attached hydrogen (secondary N) is 1. The zero-order valence-corrected chi connectivity index (χ0v) is 27.4. The number of rotatable bonds is 10. The molecule has 8 nitrogen and oxygen atoms in total. The summed E-state index contributed by atoms with van der Waals surface area (Å²) in [4.78, 5) is 9.21. The van der Waals surface area contributed by atoms with Gasteiger partial charge in [0.1, 0.15) is 11.5 Å². The van der Waals surface area contributed by atoms with E-state index in [-0.39, 0.29) is 28.3 Å². The molecule has 2 N–H and O–H groups in total. The Bertz CT molecular complexity index is 1440. The zero-order chi connectivity index (χ0) is 30.0. The molecule has 11 heteroatoms. The fourth-order valence-corrected chi connectivity index (χ4v) is 12.9. The monoisotopic (exact) mass is 604 g/mol. The first kappa shape index (κ1) is 31.8. The Hall–Kier alpha value is -2.69. The van der Waals surface area contributed by atoms with Crippen LogP contribution in [0.25, 0.3) is 0 Å². The van der Waals surface area contributed by atoms with E-state index in [1.807, 2.05) is 0 Å². The van der Waals surface area contributed by atoms with Gasteiger partial charge in [-0.25, -0.2) is 18.4 Å². The van der Waals surface area contributed by atoms with Crippen LogP contribution in [-0.2, 0) is 21.9 Å². The number of halogens is 1. The molecule has 40 heavy (non-hydrogen) atoms. The summed E-state index contributed by atoms with van der Waals surface area (Å²) in [6, 6.07) is 9.81. The highest BCUT2D eigenvalue weighted by molar-refractivity contribution is 7.92. The van der Waals surface area contributed by atoms with Crippen LogP contribution in [0.3, 0.4) is 0 Å². The zero-order valence-electron chi connectivity index (χ0n) is 24.8. The van der Waals surface area contributed by atoms with E-state index in [1.165, 1.54) is 6.07 Å². The number of hydrogen-bond acceptors (Lipinski definition) is 7. The number of sulfonamides is 1. The van der Waals surface area contributed by atoms with Gasteiger partial charge in [0.2, 0.25) is 0 Å². The smallest absolute Gasteiger partial charge is 0.263 e. The van der Waals surface area contributed by atoms with Crippen molar-refractivity contribution in [1.29, 1.82) is 0 Å². The van der Waals surface area contributed by atoms with E-state index in [2.05, 4.69) is 82.2 Å². The van der Waals surface area contributed by atoms with Gasteiger partial charge in [-0.3, -0.25) is 4.72 Å². The molecule has 0 spiro atoms. The Morgan fingerprint density at radius 3 is 2.10 bits per heavy atom. The molecule has 0 aliphatic heterocycles. The number of oxime groups is 1. The van der Waals surface area contributed by atoms with Crippen LogP contribution in [0.4, 0.5) is 5.82 Å². The molecule has 0 bridgehead atoms. The highest BCUT2D eigenvalue weighted by Crippen LogP contribution is 2.40. The lowest BCUT2D eigenvalue weighted by Crippen LogP contribution is -2.56. The highest BCUT2D eigenvalue weighted by Gasteiger charge is 2.49. The van der Waals surface area contributed by atoms with Crippen molar-refractivity contribution < 1.29 is 18.0 Å². The van der Waals surface area contributed by atoms with Crippen LogP contribution in [0.5, 0.6) is 0 Å². The van der Waals surface area contributed by atoms with Crippen LogP contribution < -0.4 is 10.2 Å². The van der Waals surface area contributed by atoms with E-state index in [9.17, 15) is 13.6 Å².